The standard InChI is InChI=1S/C14H28N4O2S/c1-12-4-3-8-18(11-12)14(15)16-7-9-21(19,20)17-10-13-5-2-6-13/h12-13,17H,2-11H2,1H3,(H2,15,16). The van der Waals surface area contributed by atoms with Crippen LogP contribution in [0.15, 0.2) is 4.99 Å². The third kappa shape index (κ3) is 5.47. The number of nitrogens with zero attached hydrogens (tertiary/aromatic N) is 2. The molecule has 0 spiro atoms. The zero-order chi connectivity index (χ0) is 15.3. The molecule has 0 aromatic heterocycles. The first-order valence-electron chi connectivity index (χ1n) is 7.98. The van der Waals surface area contributed by atoms with Crippen molar-refractivity contribution in [1.29, 1.82) is 0 Å². The lowest BCUT2D eigenvalue weighted by Gasteiger charge is -2.31. The number of nitrogens with two attached hydrogens (primary N) is 1. The molecule has 1 saturated carbocycles. The molecule has 0 aromatic rings. The normalized spacial score (nSPS) is 24.9. The molecule has 1 heterocycles. The van der Waals surface area contributed by atoms with Gasteiger partial charge in [-0.25, -0.2) is 13.1 Å². The van der Waals surface area contributed by atoms with Gasteiger partial charge in [-0.3, -0.25) is 4.99 Å². The van der Waals surface area contributed by atoms with E-state index < -0.39 is 10.0 Å². The molecule has 1 saturated heterocycles. The second-order valence-electron chi connectivity index (χ2n) is 6.40. The van der Waals surface area contributed by atoms with E-state index in [1.165, 1.54) is 12.8 Å². The largest absolute Gasteiger partial charge is 0.370 e. The molecule has 7 heteroatoms. The molecule has 3 N–H and O–H groups in total. The van der Waals surface area contributed by atoms with Gasteiger partial charge in [0, 0.05) is 19.6 Å². The molecule has 2 aliphatic rings. The number of sulfonamides is 1. The van der Waals surface area contributed by atoms with Gasteiger partial charge < -0.3 is 10.6 Å². The lowest BCUT2D eigenvalue weighted by molar-refractivity contribution is 0.270. The molecule has 0 radical (unpaired) electrons. The van der Waals surface area contributed by atoms with Crippen molar-refractivity contribution < 1.29 is 8.42 Å². The van der Waals surface area contributed by atoms with E-state index in [9.17, 15) is 8.42 Å². The number of aliphatic imine (C=N–C) groups is 1. The van der Waals surface area contributed by atoms with Crippen molar-refractivity contribution in [3.05, 3.63) is 0 Å². The number of piperidine rings is 1. The summed E-state index contributed by atoms with van der Waals surface area (Å²) in [6.07, 6.45) is 5.85. The van der Waals surface area contributed by atoms with Crippen LogP contribution in [0.3, 0.4) is 0 Å². The van der Waals surface area contributed by atoms with Crippen LogP contribution in [0.1, 0.15) is 39.0 Å². The van der Waals surface area contributed by atoms with Crippen LogP contribution in [-0.4, -0.2) is 51.2 Å². The predicted octanol–water partition coefficient (Wildman–Crippen LogP) is 0.753. The minimum atomic E-state index is -3.22. The van der Waals surface area contributed by atoms with E-state index in [2.05, 4.69) is 21.5 Å². The maximum Gasteiger partial charge on any atom is 0.213 e. The van der Waals surface area contributed by atoms with E-state index in [1.807, 2.05) is 0 Å². The zero-order valence-corrected chi connectivity index (χ0v) is 13.7. The van der Waals surface area contributed by atoms with Crippen LogP contribution in [0.25, 0.3) is 0 Å². The molecule has 122 valence electrons. The van der Waals surface area contributed by atoms with E-state index in [0.29, 0.717) is 24.3 Å². The Hall–Kier alpha value is -0.820. The highest BCUT2D eigenvalue weighted by Gasteiger charge is 2.20. The lowest BCUT2D eigenvalue weighted by atomic mass is 9.86. The molecule has 2 fully saturated rings. The first kappa shape index (κ1) is 16.5. The third-order valence-corrected chi connectivity index (χ3v) is 5.76. The molecule has 1 atom stereocenters. The average Bonchev–Trinajstić information content (AvgIpc) is 2.36. The Kier molecular flexibility index (Phi) is 5.87. The van der Waals surface area contributed by atoms with Crippen LogP contribution < -0.4 is 10.5 Å². The summed E-state index contributed by atoms with van der Waals surface area (Å²) >= 11 is 0. The maximum atomic E-state index is 11.9. The molecule has 0 amide bonds. The van der Waals surface area contributed by atoms with Crippen molar-refractivity contribution in [3.8, 4) is 0 Å². The van der Waals surface area contributed by atoms with Crippen molar-refractivity contribution in [2.45, 2.75) is 39.0 Å². The van der Waals surface area contributed by atoms with Gasteiger partial charge in [-0.1, -0.05) is 13.3 Å². The van der Waals surface area contributed by atoms with Crippen LogP contribution in [0.4, 0.5) is 0 Å². The topological polar surface area (TPSA) is 87.8 Å². The SMILES string of the molecule is CC1CCCN(C(N)=NCCS(=O)(=O)NCC2CCC2)C1. The van der Waals surface area contributed by atoms with E-state index in [4.69, 9.17) is 5.73 Å². The molecule has 1 aliphatic heterocycles. The Labute approximate surface area is 128 Å². The van der Waals surface area contributed by atoms with Crippen LogP contribution in [-0.2, 0) is 10.0 Å². The number of rotatable bonds is 6. The van der Waals surface area contributed by atoms with Gasteiger partial charge in [0.25, 0.3) is 0 Å². The number of likely N-dealkylation sites (tertiary alicyclic amines) is 1. The van der Waals surface area contributed by atoms with Gasteiger partial charge in [-0.15, -0.1) is 0 Å². The summed E-state index contributed by atoms with van der Waals surface area (Å²) in [6, 6.07) is 0. The Morgan fingerprint density at radius 1 is 1.33 bits per heavy atom. The second-order valence-corrected chi connectivity index (χ2v) is 8.32. The van der Waals surface area contributed by atoms with Gasteiger partial charge in [-0.2, -0.15) is 0 Å². The molecule has 0 bridgehead atoms. The highest BCUT2D eigenvalue weighted by atomic mass is 32.2. The fraction of sp³-hybridized carbons (Fsp3) is 0.929. The van der Waals surface area contributed by atoms with E-state index in [0.717, 1.165) is 32.4 Å². The van der Waals surface area contributed by atoms with Crippen LogP contribution >= 0.6 is 0 Å². The van der Waals surface area contributed by atoms with Crippen molar-refractivity contribution in [1.82, 2.24) is 9.62 Å². The molecule has 1 aliphatic carbocycles. The van der Waals surface area contributed by atoms with Crippen molar-refractivity contribution in [3.63, 3.8) is 0 Å². The second kappa shape index (κ2) is 7.45. The van der Waals surface area contributed by atoms with E-state index in [-0.39, 0.29) is 12.3 Å². The number of hydrogen-bond acceptors (Lipinski definition) is 3. The van der Waals surface area contributed by atoms with Crippen LogP contribution in [0.5, 0.6) is 0 Å². The Morgan fingerprint density at radius 3 is 2.71 bits per heavy atom. The first-order chi connectivity index (χ1) is 9.96. The summed E-state index contributed by atoms with van der Waals surface area (Å²) in [5, 5.41) is 0. The summed E-state index contributed by atoms with van der Waals surface area (Å²) in [6.45, 7) is 4.85. The molecule has 0 aromatic carbocycles. The molecule has 6 nitrogen and oxygen atoms in total. The fourth-order valence-electron chi connectivity index (χ4n) is 2.79. The number of hydrogen-bond donors (Lipinski definition) is 2. The molecule has 1 unspecified atom stereocenters. The van der Waals surface area contributed by atoms with Crippen molar-refractivity contribution in [2.24, 2.45) is 22.6 Å². The van der Waals surface area contributed by atoms with Gasteiger partial charge >= 0.3 is 0 Å². The van der Waals surface area contributed by atoms with Gasteiger partial charge in [0.05, 0.1) is 12.3 Å². The smallest absolute Gasteiger partial charge is 0.213 e. The van der Waals surface area contributed by atoms with Gasteiger partial charge in [-0.05, 0) is 37.5 Å². The molecular formula is C14H28N4O2S. The third-order valence-electron chi connectivity index (χ3n) is 4.43. The Bertz CT molecular complexity index is 460. The Morgan fingerprint density at radius 2 is 2.10 bits per heavy atom. The quantitative estimate of drug-likeness (QED) is 0.559. The minimum Gasteiger partial charge on any atom is -0.370 e. The monoisotopic (exact) mass is 316 g/mol. The number of guanidine groups is 1. The fourth-order valence-corrected chi connectivity index (χ4v) is 3.76. The highest BCUT2D eigenvalue weighted by Crippen LogP contribution is 2.25. The summed E-state index contributed by atoms with van der Waals surface area (Å²) in [4.78, 5) is 6.29. The highest BCUT2D eigenvalue weighted by molar-refractivity contribution is 7.89. The van der Waals surface area contributed by atoms with E-state index in [1.54, 1.807) is 0 Å². The molecule has 21 heavy (non-hydrogen) atoms. The minimum absolute atomic E-state index is 0.0177. The lowest BCUT2D eigenvalue weighted by Crippen LogP contribution is -2.43. The molecular weight excluding hydrogens is 288 g/mol. The summed E-state index contributed by atoms with van der Waals surface area (Å²) < 4.78 is 26.4. The van der Waals surface area contributed by atoms with E-state index >= 15 is 0 Å². The number of nitrogens with one attached hydrogen (secondary N) is 1. The summed E-state index contributed by atoms with van der Waals surface area (Å²) in [5.41, 5.74) is 5.95. The van der Waals surface area contributed by atoms with Crippen LogP contribution in [0, 0.1) is 11.8 Å². The van der Waals surface area contributed by atoms with Crippen molar-refractivity contribution >= 4 is 16.0 Å². The average molecular weight is 316 g/mol. The molecule has 2 rings (SSSR count). The maximum absolute atomic E-state index is 11.9. The zero-order valence-electron chi connectivity index (χ0n) is 12.9. The summed E-state index contributed by atoms with van der Waals surface area (Å²) in [7, 11) is -3.22. The van der Waals surface area contributed by atoms with Crippen molar-refractivity contribution in [2.75, 3.05) is 31.9 Å². The Balaban J connectivity index is 1.71. The van der Waals surface area contributed by atoms with Gasteiger partial charge in [0.1, 0.15) is 0 Å². The van der Waals surface area contributed by atoms with Gasteiger partial charge in [0.15, 0.2) is 5.96 Å². The first-order valence-corrected chi connectivity index (χ1v) is 9.64. The predicted molar refractivity (Wildman–Crippen MR) is 85.6 cm³/mol. The van der Waals surface area contributed by atoms with Gasteiger partial charge in [0.2, 0.25) is 10.0 Å². The summed E-state index contributed by atoms with van der Waals surface area (Å²) in [5.74, 6) is 1.66. The van der Waals surface area contributed by atoms with Crippen LogP contribution in [0.2, 0.25) is 0 Å².